The van der Waals surface area contributed by atoms with Crippen molar-refractivity contribution in [1.82, 2.24) is 0 Å². The lowest BCUT2D eigenvalue weighted by Gasteiger charge is -2.20. The molecule has 3 unspecified atom stereocenters. The molecule has 0 bridgehead atoms. The Morgan fingerprint density at radius 3 is 1.83 bits per heavy atom. The smallest absolute Gasteiger partial charge is 0.293 e. The van der Waals surface area contributed by atoms with E-state index in [2.05, 4.69) is 4.74 Å². The van der Waals surface area contributed by atoms with Crippen molar-refractivity contribution in [3.05, 3.63) is 0 Å². The molecule has 0 saturated carbocycles. The first kappa shape index (κ1) is 17.4. The van der Waals surface area contributed by atoms with E-state index in [4.69, 9.17) is 14.2 Å². The number of hydrogen-bond acceptors (Lipinski definition) is 5. The number of hydrogen-bond donors (Lipinski definition) is 0. The van der Waals surface area contributed by atoms with E-state index in [9.17, 15) is 4.79 Å². The van der Waals surface area contributed by atoms with Gasteiger partial charge in [-0.25, -0.2) is 0 Å². The van der Waals surface area contributed by atoms with Crippen LogP contribution in [0.1, 0.15) is 34.6 Å². The van der Waals surface area contributed by atoms with Gasteiger partial charge >= 0.3 is 0 Å². The third-order valence-corrected chi connectivity index (χ3v) is 2.13. The van der Waals surface area contributed by atoms with Gasteiger partial charge in [0, 0.05) is 0 Å². The molecule has 0 spiro atoms. The first-order chi connectivity index (χ1) is 8.45. The summed E-state index contributed by atoms with van der Waals surface area (Å²) in [6.07, 6.45) is 0.145. The van der Waals surface area contributed by atoms with Crippen molar-refractivity contribution < 1.29 is 23.7 Å². The van der Waals surface area contributed by atoms with E-state index in [0.29, 0.717) is 19.7 Å². The normalized spacial score (nSPS) is 16.3. The molecule has 0 rings (SSSR count). The molecule has 0 aliphatic carbocycles. The predicted octanol–water partition coefficient (Wildman–Crippen LogP) is 1.78. The standard InChI is InChI=1S/C13H26O5/c1-10(2)18-13(5)8-17-12(4)7-16-11(3)6-15-9-14/h9-13H,6-8H2,1-5H3. The number of carbonyl (C=O) groups is 1. The Morgan fingerprint density at radius 1 is 0.833 bits per heavy atom. The molecule has 18 heavy (non-hydrogen) atoms. The summed E-state index contributed by atoms with van der Waals surface area (Å²) in [6.45, 7) is 11.5. The predicted molar refractivity (Wildman–Crippen MR) is 68.5 cm³/mol. The van der Waals surface area contributed by atoms with E-state index in [-0.39, 0.29) is 31.0 Å². The van der Waals surface area contributed by atoms with Crippen molar-refractivity contribution in [3.8, 4) is 0 Å². The molecule has 0 fully saturated rings. The summed E-state index contributed by atoms with van der Waals surface area (Å²) in [6, 6.07) is 0. The Morgan fingerprint density at radius 2 is 1.33 bits per heavy atom. The summed E-state index contributed by atoms with van der Waals surface area (Å²) in [4.78, 5) is 10.00. The summed E-state index contributed by atoms with van der Waals surface area (Å²) in [7, 11) is 0. The number of ether oxygens (including phenoxy) is 4. The zero-order chi connectivity index (χ0) is 14.0. The average Bonchev–Trinajstić information content (AvgIpc) is 2.30. The molecule has 0 aromatic carbocycles. The van der Waals surface area contributed by atoms with Crippen LogP contribution in [0.2, 0.25) is 0 Å². The molecule has 5 nitrogen and oxygen atoms in total. The van der Waals surface area contributed by atoms with Gasteiger partial charge in [0.1, 0.15) is 6.61 Å². The van der Waals surface area contributed by atoms with Crippen molar-refractivity contribution in [2.45, 2.75) is 59.0 Å². The summed E-state index contributed by atoms with van der Waals surface area (Å²) >= 11 is 0. The summed E-state index contributed by atoms with van der Waals surface area (Å²) in [5.41, 5.74) is 0. The van der Waals surface area contributed by atoms with Crippen LogP contribution < -0.4 is 0 Å². The Bertz CT molecular complexity index is 208. The van der Waals surface area contributed by atoms with E-state index < -0.39 is 0 Å². The molecular formula is C13H26O5. The molecule has 0 amide bonds. The Labute approximate surface area is 110 Å². The second-order valence-electron chi connectivity index (χ2n) is 4.71. The topological polar surface area (TPSA) is 54.0 Å². The lowest BCUT2D eigenvalue weighted by Crippen LogP contribution is -2.27. The SMILES string of the molecule is CC(C)OC(C)COC(C)COC(C)COC=O. The molecule has 0 aromatic rings. The number of rotatable bonds is 11. The first-order valence-electron chi connectivity index (χ1n) is 6.39. The minimum atomic E-state index is -0.120. The minimum Gasteiger partial charge on any atom is -0.465 e. The largest absolute Gasteiger partial charge is 0.465 e. The van der Waals surface area contributed by atoms with Gasteiger partial charge in [0.2, 0.25) is 0 Å². The van der Waals surface area contributed by atoms with Crippen LogP contribution in [0, 0.1) is 0 Å². The van der Waals surface area contributed by atoms with Gasteiger partial charge < -0.3 is 18.9 Å². The Hall–Kier alpha value is -0.650. The molecular weight excluding hydrogens is 236 g/mol. The van der Waals surface area contributed by atoms with Crippen LogP contribution >= 0.6 is 0 Å². The van der Waals surface area contributed by atoms with Crippen LogP contribution in [0.15, 0.2) is 0 Å². The monoisotopic (exact) mass is 262 g/mol. The molecule has 108 valence electrons. The summed E-state index contributed by atoms with van der Waals surface area (Å²) in [5.74, 6) is 0. The molecule has 0 heterocycles. The fourth-order valence-electron chi connectivity index (χ4n) is 1.37. The molecule has 0 saturated heterocycles. The van der Waals surface area contributed by atoms with Gasteiger partial charge in [0.25, 0.3) is 6.47 Å². The zero-order valence-corrected chi connectivity index (χ0v) is 12.0. The second kappa shape index (κ2) is 10.3. The van der Waals surface area contributed by atoms with Crippen LogP contribution in [0.5, 0.6) is 0 Å². The van der Waals surface area contributed by atoms with Crippen LogP contribution in [-0.2, 0) is 23.7 Å². The first-order valence-corrected chi connectivity index (χ1v) is 6.39. The fraction of sp³-hybridized carbons (Fsp3) is 0.923. The van der Waals surface area contributed by atoms with E-state index >= 15 is 0 Å². The highest BCUT2D eigenvalue weighted by atomic mass is 16.6. The molecule has 5 heteroatoms. The van der Waals surface area contributed by atoms with E-state index in [1.165, 1.54) is 0 Å². The zero-order valence-electron chi connectivity index (χ0n) is 12.0. The Balaban J connectivity index is 3.58. The maximum absolute atomic E-state index is 10.00. The highest BCUT2D eigenvalue weighted by Crippen LogP contribution is 2.02. The summed E-state index contributed by atoms with van der Waals surface area (Å²) in [5, 5.41) is 0. The van der Waals surface area contributed by atoms with Crippen molar-refractivity contribution in [1.29, 1.82) is 0 Å². The molecule has 0 radical (unpaired) electrons. The third-order valence-electron chi connectivity index (χ3n) is 2.13. The highest BCUT2D eigenvalue weighted by Gasteiger charge is 2.10. The van der Waals surface area contributed by atoms with Crippen molar-refractivity contribution in [2.75, 3.05) is 19.8 Å². The van der Waals surface area contributed by atoms with Gasteiger partial charge in [-0.3, -0.25) is 4.79 Å². The van der Waals surface area contributed by atoms with Gasteiger partial charge in [0.05, 0.1) is 37.6 Å². The molecule has 0 aromatic heterocycles. The maximum Gasteiger partial charge on any atom is 0.293 e. The van der Waals surface area contributed by atoms with Gasteiger partial charge in [-0.1, -0.05) is 0 Å². The van der Waals surface area contributed by atoms with Crippen molar-refractivity contribution in [2.24, 2.45) is 0 Å². The molecule has 3 atom stereocenters. The summed E-state index contributed by atoms with van der Waals surface area (Å²) < 4.78 is 21.2. The van der Waals surface area contributed by atoms with E-state index in [1.807, 2.05) is 34.6 Å². The third kappa shape index (κ3) is 10.5. The quantitative estimate of drug-likeness (QED) is 0.531. The van der Waals surface area contributed by atoms with Gasteiger partial charge in [0.15, 0.2) is 0 Å². The van der Waals surface area contributed by atoms with Crippen molar-refractivity contribution in [3.63, 3.8) is 0 Å². The lowest BCUT2D eigenvalue weighted by atomic mass is 10.3. The Kier molecular flexibility index (Phi) is 9.92. The minimum absolute atomic E-state index is 0.0121. The van der Waals surface area contributed by atoms with E-state index in [0.717, 1.165) is 0 Å². The van der Waals surface area contributed by atoms with Crippen molar-refractivity contribution >= 4 is 6.47 Å². The maximum atomic E-state index is 10.00. The van der Waals surface area contributed by atoms with Crippen LogP contribution in [0.3, 0.4) is 0 Å². The second-order valence-corrected chi connectivity index (χ2v) is 4.71. The highest BCUT2D eigenvalue weighted by molar-refractivity contribution is 5.36. The van der Waals surface area contributed by atoms with Crippen LogP contribution in [-0.4, -0.2) is 50.7 Å². The molecule has 0 aliphatic heterocycles. The lowest BCUT2D eigenvalue weighted by molar-refractivity contribution is -0.134. The number of carbonyl (C=O) groups excluding carboxylic acids is 1. The molecule has 0 aliphatic rings. The van der Waals surface area contributed by atoms with Gasteiger partial charge in [-0.05, 0) is 34.6 Å². The fourth-order valence-corrected chi connectivity index (χ4v) is 1.37. The molecule has 0 N–H and O–H groups in total. The average molecular weight is 262 g/mol. The van der Waals surface area contributed by atoms with Crippen LogP contribution in [0.25, 0.3) is 0 Å². The van der Waals surface area contributed by atoms with Crippen LogP contribution in [0.4, 0.5) is 0 Å². The van der Waals surface area contributed by atoms with Gasteiger partial charge in [-0.15, -0.1) is 0 Å². The van der Waals surface area contributed by atoms with E-state index in [1.54, 1.807) is 0 Å². The van der Waals surface area contributed by atoms with Gasteiger partial charge in [-0.2, -0.15) is 0 Å².